The van der Waals surface area contributed by atoms with Gasteiger partial charge in [0.05, 0.1) is 25.7 Å². The minimum atomic E-state index is 0.368. The van der Waals surface area contributed by atoms with E-state index < -0.39 is 0 Å². The molecule has 0 unspecified atom stereocenters. The van der Waals surface area contributed by atoms with E-state index in [2.05, 4.69) is 19.2 Å². The Labute approximate surface area is 85.8 Å². The molecule has 1 aromatic carbocycles. The zero-order valence-electron chi connectivity index (χ0n) is 7.58. The normalized spacial score (nSPS) is 9.50. The first-order chi connectivity index (χ1) is 6.86. The SMILES string of the molecule is COOSc1ccc(CN=[N+]=[N-])cc1. The van der Waals surface area contributed by atoms with Gasteiger partial charge in [-0.1, -0.05) is 17.2 Å². The predicted octanol–water partition coefficient (Wildman–Crippen LogP) is 3.08. The van der Waals surface area contributed by atoms with Crippen LogP contribution in [0.15, 0.2) is 34.3 Å². The van der Waals surface area contributed by atoms with E-state index in [1.54, 1.807) is 0 Å². The van der Waals surface area contributed by atoms with Crippen LogP contribution in [0.3, 0.4) is 0 Å². The van der Waals surface area contributed by atoms with Gasteiger partial charge in [-0.15, -0.1) is 0 Å². The summed E-state index contributed by atoms with van der Waals surface area (Å²) in [6.07, 6.45) is 0. The average molecular weight is 211 g/mol. The molecule has 0 N–H and O–H groups in total. The van der Waals surface area contributed by atoms with Crippen LogP contribution in [-0.4, -0.2) is 7.11 Å². The lowest BCUT2D eigenvalue weighted by Gasteiger charge is -1.99. The quantitative estimate of drug-likeness (QED) is 0.188. The first-order valence-corrected chi connectivity index (χ1v) is 4.58. The zero-order chi connectivity index (χ0) is 10.2. The lowest BCUT2D eigenvalue weighted by molar-refractivity contribution is -0.160. The Balaban J connectivity index is 2.54. The Morgan fingerprint density at radius 1 is 1.43 bits per heavy atom. The van der Waals surface area contributed by atoms with Crippen LogP contribution in [-0.2, 0) is 15.8 Å². The molecule has 0 aliphatic heterocycles. The number of hydrogen-bond acceptors (Lipinski definition) is 4. The Bertz CT molecular complexity index is 322. The van der Waals surface area contributed by atoms with Crippen LogP contribution in [0.5, 0.6) is 0 Å². The highest BCUT2D eigenvalue weighted by Crippen LogP contribution is 2.19. The summed E-state index contributed by atoms with van der Waals surface area (Å²) in [7, 11) is 1.45. The van der Waals surface area contributed by atoms with Gasteiger partial charge in [-0.05, 0) is 23.2 Å². The molecule has 0 aliphatic rings. The predicted molar refractivity (Wildman–Crippen MR) is 53.2 cm³/mol. The summed E-state index contributed by atoms with van der Waals surface area (Å²) in [6, 6.07) is 7.48. The zero-order valence-corrected chi connectivity index (χ0v) is 8.40. The van der Waals surface area contributed by atoms with Crippen LogP contribution in [0.1, 0.15) is 5.56 Å². The van der Waals surface area contributed by atoms with Gasteiger partial charge in [0, 0.05) is 9.81 Å². The molecular weight excluding hydrogens is 202 g/mol. The molecule has 0 saturated carbocycles. The van der Waals surface area contributed by atoms with E-state index in [9.17, 15) is 0 Å². The molecule has 0 bridgehead atoms. The van der Waals surface area contributed by atoms with Crippen LogP contribution in [0.25, 0.3) is 10.4 Å². The van der Waals surface area contributed by atoms with E-state index in [1.807, 2.05) is 24.3 Å². The summed E-state index contributed by atoms with van der Waals surface area (Å²) in [4.78, 5) is 8.04. The van der Waals surface area contributed by atoms with Crippen LogP contribution < -0.4 is 0 Å². The van der Waals surface area contributed by atoms with Crippen molar-refractivity contribution in [2.75, 3.05) is 7.11 Å². The molecular formula is C8H9N3O2S. The van der Waals surface area contributed by atoms with Gasteiger partial charge in [0.2, 0.25) is 0 Å². The number of hydrogen-bond donors (Lipinski definition) is 0. The summed E-state index contributed by atoms with van der Waals surface area (Å²) in [5.41, 5.74) is 9.08. The third-order valence-corrected chi connectivity index (χ3v) is 2.11. The molecule has 0 atom stereocenters. The Morgan fingerprint density at radius 3 is 2.71 bits per heavy atom. The van der Waals surface area contributed by atoms with E-state index in [1.165, 1.54) is 7.11 Å². The second kappa shape index (κ2) is 6.28. The highest BCUT2D eigenvalue weighted by Gasteiger charge is 1.95. The lowest BCUT2D eigenvalue weighted by Crippen LogP contribution is -1.81. The highest BCUT2D eigenvalue weighted by atomic mass is 32.2. The molecule has 0 heterocycles. The van der Waals surface area contributed by atoms with E-state index in [4.69, 9.17) is 5.53 Å². The van der Waals surface area contributed by atoms with Gasteiger partial charge in [0.15, 0.2) is 0 Å². The molecule has 0 saturated heterocycles. The van der Waals surface area contributed by atoms with Gasteiger partial charge in [0.25, 0.3) is 0 Å². The Morgan fingerprint density at radius 2 is 2.14 bits per heavy atom. The van der Waals surface area contributed by atoms with Crippen LogP contribution in [0, 0.1) is 0 Å². The first-order valence-electron chi connectivity index (χ1n) is 3.84. The van der Waals surface area contributed by atoms with Crippen molar-refractivity contribution in [3.05, 3.63) is 40.3 Å². The third kappa shape index (κ3) is 3.68. The largest absolute Gasteiger partial charge is 0.227 e. The molecule has 1 rings (SSSR count). The standard InChI is InChI=1S/C8H9N3O2S/c1-12-13-14-8-4-2-7(3-5-8)6-10-11-9/h2-5H,6H2,1H3. The number of rotatable bonds is 5. The first kappa shape index (κ1) is 10.9. The number of benzene rings is 1. The van der Waals surface area contributed by atoms with Gasteiger partial charge < -0.3 is 0 Å². The monoisotopic (exact) mass is 211 g/mol. The summed E-state index contributed by atoms with van der Waals surface area (Å²) in [5.74, 6) is 0. The molecule has 0 amide bonds. The maximum atomic E-state index is 8.12. The van der Waals surface area contributed by atoms with Gasteiger partial charge in [-0.2, -0.15) is 4.33 Å². The third-order valence-electron chi connectivity index (χ3n) is 1.44. The maximum absolute atomic E-state index is 8.12. The van der Waals surface area contributed by atoms with Crippen molar-refractivity contribution in [1.82, 2.24) is 0 Å². The van der Waals surface area contributed by atoms with E-state index >= 15 is 0 Å². The molecule has 5 nitrogen and oxygen atoms in total. The second-order valence-electron chi connectivity index (χ2n) is 2.35. The fourth-order valence-electron chi connectivity index (χ4n) is 0.837. The molecule has 6 heteroatoms. The minimum absolute atomic E-state index is 0.368. The summed E-state index contributed by atoms with van der Waals surface area (Å²) in [5, 5.41) is 3.45. The molecule has 74 valence electrons. The topological polar surface area (TPSA) is 67.2 Å². The van der Waals surface area contributed by atoms with Crippen LogP contribution >= 0.6 is 12.0 Å². The smallest absolute Gasteiger partial charge is 0.0725 e. The Kier molecular flexibility index (Phi) is 4.88. The molecule has 0 aromatic heterocycles. The molecule has 0 aliphatic carbocycles. The van der Waals surface area contributed by atoms with Gasteiger partial charge in [-0.3, -0.25) is 0 Å². The van der Waals surface area contributed by atoms with Gasteiger partial charge in [0.1, 0.15) is 0 Å². The summed E-state index contributed by atoms with van der Waals surface area (Å²) < 4.78 is 4.68. The molecule has 0 fully saturated rings. The lowest BCUT2D eigenvalue weighted by atomic mass is 10.2. The highest BCUT2D eigenvalue weighted by molar-refractivity contribution is 7.94. The molecule has 0 spiro atoms. The van der Waals surface area contributed by atoms with Crippen molar-refractivity contribution in [2.45, 2.75) is 11.4 Å². The molecule has 14 heavy (non-hydrogen) atoms. The van der Waals surface area contributed by atoms with Crippen LogP contribution in [0.2, 0.25) is 0 Å². The minimum Gasteiger partial charge on any atom is -0.227 e. The Hall–Kier alpha value is -1.20. The fraction of sp³-hybridized carbons (Fsp3) is 0.250. The number of nitrogens with zero attached hydrogens (tertiary/aromatic N) is 3. The van der Waals surface area contributed by atoms with Crippen molar-refractivity contribution < 1.29 is 9.22 Å². The van der Waals surface area contributed by atoms with E-state index in [0.717, 1.165) is 22.5 Å². The van der Waals surface area contributed by atoms with Gasteiger partial charge >= 0.3 is 0 Å². The summed E-state index contributed by atoms with van der Waals surface area (Å²) in [6.45, 7) is 0.368. The van der Waals surface area contributed by atoms with Crippen molar-refractivity contribution in [2.24, 2.45) is 5.11 Å². The van der Waals surface area contributed by atoms with Crippen molar-refractivity contribution >= 4 is 12.0 Å². The van der Waals surface area contributed by atoms with Crippen molar-refractivity contribution in [3.8, 4) is 0 Å². The van der Waals surface area contributed by atoms with Crippen LogP contribution in [0.4, 0.5) is 0 Å². The molecule has 0 radical (unpaired) electrons. The summed E-state index contributed by atoms with van der Waals surface area (Å²) >= 11 is 1.13. The maximum Gasteiger partial charge on any atom is 0.0725 e. The molecule has 1 aromatic rings. The second-order valence-corrected chi connectivity index (χ2v) is 3.13. The van der Waals surface area contributed by atoms with E-state index in [-0.39, 0.29) is 0 Å². The van der Waals surface area contributed by atoms with Crippen molar-refractivity contribution in [1.29, 1.82) is 0 Å². The van der Waals surface area contributed by atoms with Gasteiger partial charge in [-0.25, -0.2) is 4.89 Å². The fourth-order valence-corrected chi connectivity index (χ4v) is 1.23. The van der Waals surface area contributed by atoms with Crippen molar-refractivity contribution in [3.63, 3.8) is 0 Å². The van der Waals surface area contributed by atoms with E-state index in [0.29, 0.717) is 6.54 Å². The number of azide groups is 1. The average Bonchev–Trinajstić information content (AvgIpc) is 2.25.